The van der Waals surface area contributed by atoms with E-state index in [0.29, 0.717) is 32.1 Å². The Kier molecular flexibility index (Phi) is 3.71. The topological polar surface area (TPSA) is 47.6 Å². The lowest BCUT2D eigenvalue weighted by atomic mass is 9.85. The third kappa shape index (κ3) is 3.02. The molecule has 108 valence electrons. The van der Waals surface area contributed by atoms with Crippen LogP contribution in [-0.2, 0) is 14.3 Å². The van der Waals surface area contributed by atoms with Crippen molar-refractivity contribution in [3.05, 3.63) is 0 Å². The fraction of sp³-hybridized carbons (Fsp3) is 0.923. The molecule has 1 spiro atoms. The summed E-state index contributed by atoms with van der Waals surface area (Å²) in [6.07, 6.45) is 4.46. The van der Waals surface area contributed by atoms with E-state index < -0.39 is 4.33 Å². The van der Waals surface area contributed by atoms with Gasteiger partial charge in [0.15, 0.2) is 5.79 Å². The third-order valence-corrected chi connectivity index (χ3v) is 5.22. The van der Waals surface area contributed by atoms with Crippen molar-refractivity contribution in [3.63, 3.8) is 0 Å². The normalized spacial score (nSPS) is 32.4. The first-order valence-corrected chi connectivity index (χ1v) is 7.70. The Morgan fingerprint density at radius 3 is 2.32 bits per heavy atom. The summed E-state index contributed by atoms with van der Waals surface area (Å²) in [6.45, 7) is 2.11. The van der Waals surface area contributed by atoms with E-state index in [0.717, 1.165) is 25.7 Å². The average Bonchev–Trinajstić information content (AvgIpc) is 2.82. The minimum absolute atomic E-state index is 0.0151. The second-order valence-electron chi connectivity index (χ2n) is 5.81. The number of hydrogen-bond donors (Lipinski definition) is 1. The number of ether oxygens (including phenoxy) is 2. The molecule has 0 aromatic rings. The van der Waals surface area contributed by atoms with Crippen LogP contribution in [0.2, 0.25) is 0 Å². The van der Waals surface area contributed by atoms with Gasteiger partial charge in [-0.3, -0.25) is 4.79 Å². The van der Waals surface area contributed by atoms with Crippen LogP contribution in [0.4, 0.5) is 0 Å². The molecule has 1 unspecified atom stereocenters. The number of carbonyl (C=O) groups excluding carboxylic acids is 1. The van der Waals surface area contributed by atoms with Crippen molar-refractivity contribution in [1.82, 2.24) is 5.32 Å². The van der Waals surface area contributed by atoms with Crippen molar-refractivity contribution in [1.29, 1.82) is 0 Å². The minimum Gasteiger partial charge on any atom is -0.355 e. The lowest BCUT2D eigenvalue weighted by molar-refractivity contribution is -0.182. The molecule has 1 N–H and O–H groups in total. The highest BCUT2D eigenvalue weighted by Gasteiger charge is 2.56. The molecule has 6 heteroatoms. The molecule has 0 aromatic heterocycles. The zero-order chi connectivity index (χ0) is 13.5. The zero-order valence-electron chi connectivity index (χ0n) is 10.8. The maximum atomic E-state index is 11.8. The van der Waals surface area contributed by atoms with Gasteiger partial charge in [0.05, 0.1) is 19.1 Å². The van der Waals surface area contributed by atoms with E-state index in [9.17, 15) is 4.79 Å². The second kappa shape index (κ2) is 5.06. The maximum Gasteiger partial charge on any atom is 0.226 e. The van der Waals surface area contributed by atoms with Crippen molar-refractivity contribution in [2.45, 2.75) is 42.2 Å². The van der Waals surface area contributed by atoms with Crippen molar-refractivity contribution >= 4 is 29.1 Å². The van der Waals surface area contributed by atoms with Gasteiger partial charge in [-0.15, -0.1) is 23.2 Å². The SMILES string of the molecule is O=C(NCC1CCC2(CC1)OCCO2)C1CC1(Cl)Cl. The van der Waals surface area contributed by atoms with Gasteiger partial charge in [0, 0.05) is 19.4 Å². The smallest absolute Gasteiger partial charge is 0.226 e. The number of nitrogens with one attached hydrogen (secondary N) is 1. The number of alkyl halides is 2. The molecule has 0 aromatic carbocycles. The van der Waals surface area contributed by atoms with Gasteiger partial charge in [-0.05, 0) is 25.2 Å². The Morgan fingerprint density at radius 1 is 1.21 bits per heavy atom. The molecule has 3 fully saturated rings. The number of carbonyl (C=O) groups is 1. The first kappa shape index (κ1) is 13.9. The van der Waals surface area contributed by atoms with Crippen LogP contribution >= 0.6 is 23.2 Å². The quantitative estimate of drug-likeness (QED) is 0.813. The Morgan fingerprint density at radius 2 is 1.79 bits per heavy atom. The monoisotopic (exact) mass is 307 g/mol. The summed E-state index contributed by atoms with van der Waals surface area (Å²) in [5.74, 6) is -0.0644. The van der Waals surface area contributed by atoms with Crippen LogP contribution in [-0.4, -0.2) is 35.8 Å². The molecule has 19 heavy (non-hydrogen) atoms. The molecule has 1 heterocycles. The van der Waals surface area contributed by atoms with Crippen molar-refractivity contribution in [2.24, 2.45) is 11.8 Å². The molecule has 3 rings (SSSR count). The van der Waals surface area contributed by atoms with Gasteiger partial charge in [0.25, 0.3) is 0 Å². The molecule has 0 radical (unpaired) electrons. The van der Waals surface area contributed by atoms with Gasteiger partial charge in [0.1, 0.15) is 4.33 Å². The first-order chi connectivity index (χ1) is 9.01. The summed E-state index contributed by atoms with van der Waals surface area (Å²) in [4.78, 5) is 11.8. The van der Waals surface area contributed by atoms with Crippen LogP contribution in [0.25, 0.3) is 0 Å². The molecule has 2 saturated carbocycles. The number of amides is 1. The molecule has 4 nitrogen and oxygen atoms in total. The van der Waals surface area contributed by atoms with Gasteiger partial charge in [-0.1, -0.05) is 0 Å². The van der Waals surface area contributed by atoms with E-state index in [1.807, 2.05) is 0 Å². The summed E-state index contributed by atoms with van der Waals surface area (Å²) in [5.41, 5.74) is 0. The summed E-state index contributed by atoms with van der Waals surface area (Å²) in [5, 5.41) is 2.96. The molecule has 3 aliphatic rings. The molecule has 0 bridgehead atoms. The van der Waals surface area contributed by atoms with E-state index in [1.165, 1.54) is 0 Å². The van der Waals surface area contributed by atoms with Gasteiger partial charge >= 0.3 is 0 Å². The fourth-order valence-electron chi connectivity index (χ4n) is 2.97. The highest BCUT2D eigenvalue weighted by Crippen LogP contribution is 2.53. The van der Waals surface area contributed by atoms with E-state index in [4.69, 9.17) is 32.7 Å². The lowest BCUT2D eigenvalue weighted by Gasteiger charge is -2.35. The summed E-state index contributed by atoms with van der Waals surface area (Å²) < 4.78 is 10.5. The number of halogens is 2. The van der Waals surface area contributed by atoms with Crippen LogP contribution < -0.4 is 5.32 Å². The summed E-state index contributed by atoms with van der Waals surface area (Å²) >= 11 is 11.8. The van der Waals surface area contributed by atoms with Crippen LogP contribution in [0, 0.1) is 11.8 Å². The van der Waals surface area contributed by atoms with E-state index in [-0.39, 0.29) is 17.6 Å². The molecule has 1 atom stereocenters. The first-order valence-electron chi connectivity index (χ1n) is 6.94. The molecular weight excluding hydrogens is 289 g/mol. The molecular formula is C13H19Cl2NO3. The van der Waals surface area contributed by atoms with Crippen LogP contribution in [0.1, 0.15) is 32.1 Å². The summed E-state index contributed by atoms with van der Waals surface area (Å²) in [6, 6.07) is 0. The van der Waals surface area contributed by atoms with Gasteiger partial charge in [0.2, 0.25) is 5.91 Å². The van der Waals surface area contributed by atoms with Gasteiger partial charge in [-0.25, -0.2) is 0 Å². The predicted molar refractivity (Wildman–Crippen MR) is 72.1 cm³/mol. The van der Waals surface area contributed by atoms with Crippen LogP contribution in [0.15, 0.2) is 0 Å². The Hall–Kier alpha value is -0.0300. The highest BCUT2D eigenvalue weighted by atomic mass is 35.5. The predicted octanol–water partition coefficient (Wildman–Crippen LogP) is 2.23. The van der Waals surface area contributed by atoms with Crippen LogP contribution in [0.3, 0.4) is 0 Å². The Balaban J connectivity index is 1.39. The highest BCUT2D eigenvalue weighted by molar-refractivity contribution is 6.52. The minimum atomic E-state index is -0.827. The van der Waals surface area contributed by atoms with Crippen molar-refractivity contribution in [2.75, 3.05) is 19.8 Å². The maximum absolute atomic E-state index is 11.8. The average molecular weight is 308 g/mol. The lowest BCUT2D eigenvalue weighted by Crippen LogP contribution is -2.39. The van der Waals surface area contributed by atoms with Gasteiger partial charge in [-0.2, -0.15) is 0 Å². The zero-order valence-corrected chi connectivity index (χ0v) is 12.3. The van der Waals surface area contributed by atoms with E-state index in [1.54, 1.807) is 0 Å². The third-order valence-electron chi connectivity index (χ3n) is 4.39. The molecule has 1 saturated heterocycles. The van der Waals surface area contributed by atoms with E-state index in [2.05, 4.69) is 5.32 Å². The standard InChI is InChI=1S/C13H19Cl2NO3/c14-13(15)7-10(13)11(17)16-8-9-1-3-12(4-2-9)18-5-6-19-12/h9-10H,1-8H2,(H,16,17). The molecule has 1 amide bonds. The number of hydrogen-bond acceptors (Lipinski definition) is 3. The van der Waals surface area contributed by atoms with Crippen molar-refractivity contribution < 1.29 is 14.3 Å². The van der Waals surface area contributed by atoms with E-state index >= 15 is 0 Å². The van der Waals surface area contributed by atoms with Gasteiger partial charge < -0.3 is 14.8 Å². The Labute approximate surface area is 123 Å². The fourth-order valence-corrected chi connectivity index (χ4v) is 3.48. The molecule has 2 aliphatic carbocycles. The number of rotatable bonds is 3. The largest absolute Gasteiger partial charge is 0.355 e. The molecule has 1 aliphatic heterocycles. The van der Waals surface area contributed by atoms with Crippen LogP contribution in [0.5, 0.6) is 0 Å². The second-order valence-corrected chi connectivity index (χ2v) is 7.36. The summed E-state index contributed by atoms with van der Waals surface area (Å²) in [7, 11) is 0. The Bertz CT molecular complexity index is 359. The van der Waals surface area contributed by atoms with Crippen molar-refractivity contribution in [3.8, 4) is 0 Å².